The Kier molecular flexibility index (Phi) is 14.2. The van der Waals surface area contributed by atoms with E-state index in [1.807, 2.05) is 0 Å². The van der Waals surface area contributed by atoms with Gasteiger partial charge in [-0.25, -0.2) is 19.3 Å². The van der Waals surface area contributed by atoms with Crippen molar-refractivity contribution in [2.24, 2.45) is 11.8 Å². The molecule has 0 atom stereocenters. The molecule has 7 heteroatoms. The molecule has 2 aromatic rings. The summed E-state index contributed by atoms with van der Waals surface area (Å²) in [6.07, 6.45) is 12.7. The van der Waals surface area contributed by atoms with Crippen LogP contribution in [0.1, 0.15) is 84.9 Å². The van der Waals surface area contributed by atoms with Crippen LogP contribution in [0.3, 0.4) is 0 Å². The molecule has 0 unspecified atom stereocenters. The Bertz CT molecular complexity index is 1060. The number of esters is 2. The maximum atomic E-state index is 11.8. The van der Waals surface area contributed by atoms with E-state index in [2.05, 4.69) is 14.4 Å². The summed E-state index contributed by atoms with van der Waals surface area (Å²) in [4.78, 5) is 29.2. The summed E-state index contributed by atoms with van der Waals surface area (Å²) in [6.45, 7) is 14.5. The zero-order chi connectivity index (χ0) is 27.6. The minimum atomic E-state index is -0.383. The van der Waals surface area contributed by atoms with Gasteiger partial charge in [0.1, 0.15) is 0 Å². The summed E-state index contributed by atoms with van der Waals surface area (Å²) in [6, 6.07) is 12.9. The van der Waals surface area contributed by atoms with Gasteiger partial charge >= 0.3 is 11.9 Å². The van der Waals surface area contributed by atoms with Crippen molar-refractivity contribution in [1.29, 1.82) is 0 Å². The molecule has 4 rings (SSSR count). The molecule has 0 radical (unpaired) electrons. The fraction of sp³-hybridized carbons (Fsp3) is 0.484. The van der Waals surface area contributed by atoms with Gasteiger partial charge in [-0.3, -0.25) is 0 Å². The normalized spacial score (nSPS) is 15.3. The zero-order valence-electron chi connectivity index (χ0n) is 22.2. The molecule has 0 spiro atoms. The van der Waals surface area contributed by atoms with Gasteiger partial charge in [0.2, 0.25) is 0 Å². The van der Waals surface area contributed by atoms with Gasteiger partial charge in [-0.05, 0) is 37.5 Å². The fourth-order valence-corrected chi connectivity index (χ4v) is 4.46. The first-order chi connectivity index (χ1) is 18.5. The highest BCUT2D eigenvalue weighted by Gasteiger charge is 2.16. The van der Waals surface area contributed by atoms with E-state index in [1.54, 1.807) is 48.5 Å². The molecule has 0 bridgehead atoms. The van der Waals surface area contributed by atoms with Crippen LogP contribution in [0.25, 0.3) is 9.69 Å². The van der Waals surface area contributed by atoms with Gasteiger partial charge in [0.15, 0.2) is 11.4 Å². The Morgan fingerprint density at radius 1 is 0.737 bits per heavy atom. The van der Waals surface area contributed by atoms with Crippen LogP contribution in [0.2, 0.25) is 0 Å². The summed E-state index contributed by atoms with van der Waals surface area (Å²) in [7, 11) is 1.32. The third-order valence-electron chi connectivity index (χ3n) is 6.81. The molecule has 2 aliphatic rings. The van der Waals surface area contributed by atoms with E-state index in [-0.39, 0.29) is 11.9 Å². The highest BCUT2D eigenvalue weighted by molar-refractivity contribution is 5.90. The minimum Gasteiger partial charge on any atom is -0.465 e. The Morgan fingerprint density at radius 3 is 1.53 bits per heavy atom. The van der Waals surface area contributed by atoms with E-state index in [1.165, 1.54) is 71.3 Å². The molecule has 0 amide bonds. The van der Waals surface area contributed by atoms with Crippen molar-refractivity contribution in [3.05, 3.63) is 82.5 Å². The Hall–Kier alpha value is -3.68. The lowest BCUT2D eigenvalue weighted by Crippen LogP contribution is -2.16. The number of hydrogen-bond acceptors (Lipinski definition) is 5. The lowest BCUT2D eigenvalue weighted by Gasteiger charge is -2.21. The van der Waals surface area contributed by atoms with Gasteiger partial charge in [-0.2, -0.15) is 0 Å². The summed E-state index contributed by atoms with van der Waals surface area (Å²) < 4.78 is 9.82. The van der Waals surface area contributed by atoms with Gasteiger partial charge in [-0.1, -0.05) is 87.1 Å². The molecule has 0 aliphatic heterocycles. The van der Waals surface area contributed by atoms with Crippen LogP contribution in [0.4, 0.5) is 11.4 Å². The molecule has 2 saturated carbocycles. The van der Waals surface area contributed by atoms with Gasteiger partial charge < -0.3 is 14.6 Å². The standard InChI is InChI=1S/C15H17NO2.C9H7NO2.C7H14O/c1-16-14-9-7-13(8-10-14)15(17)18-11-12-5-3-2-4-6-12;1-10-8-5-3-7(4-6-8)9(11)12-2;8-6-7-4-2-1-3-5-7/h7-10,12H,2-6,11H2;3-6H,2H3;7-8H,1-6H2. The monoisotopic (exact) mass is 518 g/mol. The first kappa shape index (κ1) is 30.5. The van der Waals surface area contributed by atoms with E-state index < -0.39 is 0 Å². The van der Waals surface area contributed by atoms with Crippen molar-refractivity contribution in [2.45, 2.75) is 64.2 Å². The quantitative estimate of drug-likeness (QED) is 0.326. The Morgan fingerprint density at radius 2 is 1.16 bits per heavy atom. The third kappa shape index (κ3) is 11.2. The predicted molar refractivity (Wildman–Crippen MR) is 147 cm³/mol. The van der Waals surface area contributed by atoms with Gasteiger partial charge in [-0.15, -0.1) is 0 Å². The summed E-state index contributed by atoms with van der Waals surface area (Å²) in [5.74, 6) is 0.512. The van der Waals surface area contributed by atoms with E-state index in [4.69, 9.17) is 23.0 Å². The third-order valence-corrected chi connectivity index (χ3v) is 6.81. The number of aliphatic hydroxyl groups excluding tert-OH is 1. The highest BCUT2D eigenvalue weighted by Crippen LogP contribution is 2.24. The van der Waals surface area contributed by atoms with Gasteiger partial charge in [0.25, 0.3) is 0 Å². The van der Waals surface area contributed by atoms with E-state index in [0.29, 0.717) is 47.6 Å². The smallest absolute Gasteiger partial charge is 0.338 e. The molecule has 202 valence electrons. The van der Waals surface area contributed by atoms with E-state index in [0.717, 1.165) is 0 Å². The van der Waals surface area contributed by atoms with Crippen molar-refractivity contribution in [2.75, 3.05) is 20.3 Å². The van der Waals surface area contributed by atoms with Crippen LogP contribution in [0.5, 0.6) is 0 Å². The first-order valence-corrected chi connectivity index (χ1v) is 13.3. The van der Waals surface area contributed by atoms with Crippen LogP contribution in [-0.2, 0) is 9.47 Å². The SMILES string of the molecule is OCC1CCCCC1.[C-]#[N+]c1ccc(C(=O)OC)cc1.[C-]#[N+]c1ccc(C(=O)OCC2CCCCC2)cc1. The molecule has 38 heavy (non-hydrogen) atoms. The Balaban J connectivity index is 0.000000218. The zero-order valence-corrected chi connectivity index (χ0v) is 22.2. The maximum Gasteiger partial charge on any atom is 0.338 e. The molecule has 0 heterocycles. The number of hydrogen-bond donors (Lipinski definition) is 1. The molecular formula is C31H38N2O5. The van der Waals surface area contributed by atoms with Crippen molar-refractivity contribution in [3.63, 3.8) is 0 Å². The first-order valence-electron chi connectivity index (χ1n) is 13.3. The van der Waals surface area contributed by atoms with Crippen molar-refractivity contribution in [3.8, 4) is 0 Å². The van der Waals surface area contributed by atoms with Crippen LogP contribution in [0, 0.1) is 25.0 Å². The molecule has 2 aromatic carbocycles. The summed E-state index contributed by atoms with van der Waals surface area (Å²) in [5, 5.41) is 8.69. The largest absolute Gasteiger partial charge is 0.465 e. The van der Waals surface area contributed by atoms with Crippen LogP contribution in [-0.4, -0.2) is 37.4 Å². The van der Waals surface area contributed by atoms with Crippen LogP contribution >= 0.6 is 0 Å². The second-order valence-corrected chi connectivity index (χ2v) is 9.60. The number of carbonyl (C=O) groups excluding carboxylic acids is 2. The van der Waals surface area contributed by atoms with Crippen LogP contribution < -0.4 is 0 Å². The van der Waals surface area contributed by atoms with E-state index in [9.17, 15) is 9.59 Å². The molecular weight excluding hydrogens is 480 g/mol. The number of rotatable bonds is 5. The summed E-state index contributed by atoms with van der Waals surface area (Å²) >= 11 is 0. The molecule has 0 saturated heterocycles. The average Bonchev–Trinajstić information content (AvgIpc) is 3.01. The average molecular weight is 519 g/mol. The Labute approximate surface area is 226 Å². The lowest BCUT2D eigenvalue weighted by molar-refractivity contribution is 0.0410. The number of methoxy groups -OCH3 is 1. The van der Waals surface area contributed by atoms with Crippen molar-refractivity contribution >= 4 is 23.3 Å². The molecule has 2 aliphatic carbocycles. The molecule has 1 N–H and O–H groups in total. The number of aliphatic hydroxyl groups is 1. The maximum absolute atomic E-state index is 11.8. The number of carbonyl (C=O) groups is 2. The number of ether oxygens (including phenoxy) is 2. The second kappa shape index (κ2) is 17.7. The van der Waals surface area contributed by atoms with Gasteiger partial charge in [0, 0.05) is 6.61 Å². The van der Waals surface area contributed by atoms with Gasteiger partial charge in [0.05, 0.1) is 38.0 Å². The molecule has 0 aromatic heterocycles. The van der Waals surface area contributed by atoms with Crippen molar-refractivity contribution < 1.29 is 24.2 Å². The predicted octanol–water partition coefficient (Wildman–Crippen LogP) is 7.56. The second-order valence-electron chi connectivity index (χ2n) is 9.60. The highest BCUT2D eigenvalue weighted by atomic mass is 16.5. The van der Waals surface area contributed by atoms with Crippen LogP contribution in [0.15, 0.2) is 48.5 Å². The van der Waals surface area contributed by atoms with E-state index >= 15 is 0 Å². The number of benzene rings is 2. The molecule has 7 nitrogen and oxygen atoms in total. The molecule has 2 fully saturated rings. The topological polar surface area (TPSA) is 81.5 Å². The van der Waals surface area contributed by atoms with Crippen molar-refractivity contribution in [1.82, 2.24) is 0 Å². The summed E-state index contributed by atoms with van der Waals surface area (Å²) in [5.41, 5.74) is 2.05. The fourth-order valence-electron chi connectivity index (χ4n) is 4.46. The minimum absolute atomic E-state index is 0.280. The number of nitrogens with zero attached hydrogens (tertiary/aromatic N) is 2. The lowest BCUT2D eigenvalue weighted by atomic mass is 9.90.